The monoisotopic (exact) mass is 243 g/mol. The van der Waals surface area contributed by atoms with Crippen molar-refractivity contribution in [2.75, 3.05) is 27.2 Å². The Bertz CT molecular complexity index is 269. The van der Waals surface area contributed by atoms with Crippen molar-refractivity contribution in [2.45, 2.75) is 27.2 Å². The van der Waals surface area contributed by atoms with Gasteiger partial charge in [-0.3, -0.25) is 9.59 Å². The van der Waals surface area contributed by atoms with Crippen LogP contribution in [0.15, 0.2) is 0 Å². The van der Waals surface area contributed by atoms with Crippen LogP contribution in [-0.4, -0.2) is 43.9 Å². The van der Waals surface area contributed by atoms with Gasteiger partial charge in [-0.1, -0.05) is 20.8 Å². The molecular formula is C12H25N3O2. The minimum atomic E-state index is -0.232. The minimum Gasteiger partial charge on any atom is -0.347 e. The molecule has 0 aliphatic rings. The second-order valence-electron chi connectivity index (χ2n) is 5.70. The molecular weight excluding hydrogens is 218 g/mol. The van der Waals surface area contributed by atoms with Crippen LogP contribution < -0.4 is 11.1 Å². The number of nitrogens with two attached hydrogens (primary N) is 1. The normalized spacial score (nSPS) is 13.1. The second-order valence-corrected chi connectivity index (χ2v) is 5.70. The van der Waals surface area contributed by atoms with E-state index in [1.807, 2.05) is 0 Å². The van der Waals surface area contributed by atoms with Gasteiger partial charge in [0, 0.05) is 20.6 Å². The summed E-state index contributed by atoms with van der Waals surface area (Å²) < 4.78 is 0. The van der Waals surface area contributed by atoms with Crippen molar-refractivity contribution in [1.82, 2.24) is 10.2 Å². The Morgan fingerprint density at radius 1 is 1.29 bits per heavy atom. The number of hydrogen-bond donors (Lipinski definition) is 2. The molecule has 0 aromatic heterocycles. The Hall–Kier alpha value is -1.10. The highest BCUT2D eigenvalue weighted by molar-refractivity contribution is 5.85. The number of likely N-dealkylation sites (N-methyl/N-ethyl adjacent to an activating group) is 1. The first-order valence-electron chi connectivity index (χ1n) is 5.85. The van der Waals surface area contributed by atoms with Crippen LogP contribution in [0, 0.1) is 11.3 Å². The van der Waals surface area contributed by atoms with Crippen molar-refractivity contribution >= 4 is 11.8 Å². The van der Waals surface area contributed by atoms with Gasteiger partial charge in [-0.05, 0) is 11.8 Å². The topological polar surface area (TPSA) is 75.4 Å². The zero-order valence-corrected chi connectivity index (χ0v) is 11.5. The highest BCUT2D eigenvalue weighted by Gasteiger charge is 2.23. The number of nitrogens with one attached hydrogen (secondary N) is 1. The third-order valence-electron chi connectivity index (χ3n) is 2.43. The van der Waals surface area contributed by atoms with E-state index in [9.17, 15) is 9.59 Å². The Labute approximate surface area is 104 Å². The fourth-order valence-corrected chi connectivity index (χ4v) is 1.49. The molecule has 0 aliphatic carbocycles. The predicted octanol–water partition coefficient (Wildman–Crippen LogP) is 0.202. The van der Waals surface area contributed by atoms with Crippen LogP contribution in [0.3, 0.4) is 0 Å². The van der Waals surface area contributed by atoms with Gasteiger partial charge in [0.1, 0.15) is 0 Å². The first kappa shape index (κ1) is 15.9. The molecule has 0 rings (SSSR count). The van der Waals surface area contributed by atoms with E-state index in [-0.39, 0.29) is 29.7 Å². The molecule has 2 amide bonds. The van der Waals surface area contributed by atoms with Gasteiger partial charge < -0.3 is 16.0 Å². The van der Waals surface area contributed by atoms with E-state index in [0.717, 1.165) is 0 Å². The largest absolute Gasteiger partial charge is 0.347 e. The number of hydrogen-bond acceptors (Lipinski definition) is 3. The van der Waals surface area contributed by atoms with Gasteiger partial charge in [-0.15, -0.1) is 0 Å². The van der Waals surface area contributed by atoms with E-state index in [4.69, 9.17) is 5.73 Å². The summed E-state index contributed by atoms with van der Waals surface area (Å²) >= 11 is 0. The summed E-state index contributed by atoms with van der Waals surface area (Å²) in [4.78, 5) is 24.6. The van der Waals surface area contributed by atoms with Crippen LogP contribution in [0.4, 0.5) is 0 Å². The van der Waals surface area contributed by atoms with Crippen LogP contribution in [0.1, 0.15) is 27.2 Å². The fourth-order valence-electron chi connectivity index (χ4n) is 1.49. The molecule has 0 spiro atoms. The zero-order valence-electron chi connectivity index (χ0n) is 11.5. The second kappa shape index (κ2) is 6.59. The van der Waals surface area contributed by atoms with Gasteiger partial charge in [-0.25, -0.2) is 0 Å². The third kappa shape index (κ3) is 6.94. The van der Waals surface area contributed by atoms with E-state index in [2.05, 4.69) is 26.1 Å². The standard InChI is InChI=1S/C12H25N3O2/c1-12(2,3)6-9(7-13)11(17)14-8-10(16)15(4)5/h9H,6-8,13H2,1-5H3,(H,14,17). The third-order valence-corrected chi connectivity index (χ3v) is 2.43. The predicted molar refractivity (Wildman–Crippen MR) is 68.3 cm³/mol. The molecule has 0 fully saturated rings. The van der Waals surface area contributed by atoms with Crippen molar-refractivity contribution < 1.29 is 9.59 Å². The maximum absolute atomic E-state index is 11.8. The SMILES string of the molecule is CN(C)C(=O)CNC(=O)C(CN)CC(C)(C)C. The van der Waals surface area contributed by atoms with Crippen LogP contribution in [0.5, 0.6) is 0 Å². The average molecular weight is 243 g/mol. The Morgan fingerprint density at radius 3 is 2.18 bits per heavy atom. The van der Waals surface area contributed by atoms with Gasteiger partial charge in [0.05, 0.1) is 12.5 Å². The highest BCUT2D eigenvalue weighted by atomic mass is 16.2. The van der Waals surface area contributed by atoms with E-state index in [1.165, 1.54) is 4.90 Å². The maximum Gasteiger partial charge on any atom is 0.241 e. The molecule has 0 radical (unpaired) electrons. The van der Waals surface area contributed by atoms with Crippen molar-refractivity contribution in [1.29, 1.82) is 0 Å². The minimum absolute atomic E-state index is 0.0342. The lowest BCUT2D eigenvalue weighted by atomic mass is 9.84. The summed E-state index contributed by atoms with van der Waals surface area (Å²) in [5.74, 6) is -0.493. The lowest BCUT2D eigenvalue weighted by molar-refractivity contribution is -0.132. The van der Waals surface area contributed by atoms with E-state index in [1.54, 1.807) is 14.1 Å². The number of carbonyl (C=O) groups excluding carboxylic acids is 2. The van der Waals surface area contributed by atoms with Crippen molar-refractivity contribution in [3.63, 3.8) is 0 Å². The quantitative estimate of drug-likeness (QED) is 0.724. The first-order valence-corrected chi connectivity index (χ1v) is 5.85. The van der Waals surface area contributed by atoms with Crippen molar-refractivity contribution in [3.05, 3.63) is 0 Å². The van der Waals surface area contributed by atoms with Gasteiger partial charge in [0.25, 0.3) is 0 Å². The summed E-state index contributed by atoms with van der Waals surface area (Å²) in [5.41, 5.74) is 5.64. The average Bonchev–Trinajstić information content (AvgIpc) is 2.20. The maximum atomic E-state index is 11.8. The number of carbonyl (C=O) groups is 2. The lowest BCUT2D eigenvalue weighted by Crippen LogP contribution is -2.42. The van der Waals surface area contributed by atoms with Crippen LogP contribution >= 0.6 is 0 Å². The number of nitrogens with zero attached hydrogens (tertiary/aromatic N) is 1. The molecule has 5 nitrogen and oxygen atoms in total. The molecule has 1 unspecified atom stereocenters. The summed E-state index contributed by atoms with van der Waals surface area (Å²) in [7, 11) is 3.31. The molecule has 3 N–H and O–H groups in total. The fraction of sp³-hybridized carbons (Fsp3) is 0.833. The van der Waals surface area contributed by atoms with Gasteiger partial charge in [0.2, 0.25) is 11.8 Å². The molecule has 100 valence electrons. The molecule has 5 heteroatoms. The molecule has 0 saturated carbocycles. The number of amides is 2. The molecule has 0 saturated heterocycles. The Morgan fingerprint density at radius 2 is 1.82 bits per heavy atom. The van der Waals surface area contributed by atoms with E-state index in [0.29, 0.717) is 13.0 Å². The molecule has 0 aromatic carbocycles. The Balaban J connectivity index is 4.23. The smallest absolute Gasteiger partial charge is 0.241 e. The first-order chi connectivity index (χ1) is 7.67. The van der Waals surface area contributed by atoms with E-state index >= 15 is 0 Å². The van der Waals surface area contributed by atoms with E-state index < -0.39 is 0 Å². The summed E-state index contributed by atoms with van der Waals surface area (Å²) in [6, 6.07) is 0. The molecule has 17 heavy (non-hydrogen) atoms. The van der Waals surface area contributed by atoms with Crippen molar-refractivity contribution in [3.8, 4) is 0 Å². The lowest BCUT2D eigenvalue weighted by Gasteiger charge is -2.24. The summed E-state index contributed by atoms with van der Waals surface area (Å²) in [5, 5.41) is 2.63. The van der Waals surface area contributed by atoms with Gasteiger partial charge >= 0.3 is 0 Å². The van der Waals surface area contributed by atoms with Crippen LogP contribution in [-0.2, 0) is 9.59 Å². The summed E-state index contributed by atoms with van der Waals surface area (Å²) in [6.45, 7) is 6.53. The van der Waals surface area contributed by atoms with Crippen LogP contribution in [0.2, 0.25) is 0 Å². The molecule has 0 aliphatic heterocycles. The highest BCUT2D eigenvalue weighted by Crippen LogP contribution is 2.23. The van der Waals surface area contributed by atoms with Crippen molar-refractivity contribution in [2.24, 2.45) is 17.1 Å². The Kier molecular flexibility index (Phi) is 6.16. The van der Waals surface area contributed by atoms with Gasteiger partial charge in [-0.2, -0.15) is 0 Å². The van der Waals surface area contributed by atoms with Gasteiger partial charge in [0.15, 0.2) is 0 Å². The zero-order chi connectivity index (χ0) is 13.6. The molecule has 1 atom stereocenters. The molecule has 0 bridgehead atoms. The summed E-state index contributed by atoms with van der Waals surface area (Å²) in [6.07, 6.45) is 0.714. The molecule has 0 aromatic rings. The van der Waals surface area contributed by atoms with Crippen LogP contribution in [0.25, 0.3) is 0 Å². The molecule has 0 heterocycles. The number of rotatable bonds is 5.